The highest BCUT2D eigenvalue weighted by molar-refractivity contribution is 6.06. The summed E-state index contributed by atoms with van der Waals surface area (Å²) in [6, 6.07) is 13.0. The topological polar surface area (TPSA) is 66.4 Å². The zero-order valence-corrected chi connectivity index (χ0v) is 12.7. The molecule has 0 radical (unpaired) electrons. The van der Waals surface area contributed by atoms with E-state index in [1.165, 1.54) is 0 Å². The van der Waals surface area contributed by atoms with Crippen molar-refractivity contribution in [2.75, 3.05) is 5.32 Å². The third-order valence-corrected chi connectivity index (χ3v) is 3.55. The van der Waals surface area contributed by atoms with Crippen molar-refractivity contribution >= 4 is 17.6 Å². The van der Waals surface area contributed by atoms with Crippen LogP contribution in [0.2, 0.25) is 0 Å². The highest BCUT2D eigenvalue weighted by Crippen LogP contribution is 2.17. The molecule has 22 heavy (non-hydrogen) atoms. The molecule has 0 aliphatic rings. The molecule has 0 spiro atoms. The Balaban J connectivity index is 2.07. The van der Waals surface area contributed by atoms with Crippen molar-refractivity contribution in [2.45, 2.75) is 26.7 Å². The maximum Gasteiger partial charge on any atom is 0.303 e. The monoisotopic (exact) mass is 297 g/mol. The van der Waals surface area contributed by atoms with Gasteiger partial charge in [-0.1, -0.05) is 30.3 Å². The molecule has 0 bridgehead atoms. The fraction of sp³-hybridized carbons (Fsp3) is 0.222. The van der Waals surface area contributed by atoms with Crippen molar-refractivity contribution in [1.82, 2.24) is 0 Å². The summed E-state index contributed by atoms with van der Waals surface area (Å²) in [5.41, 5.74) is 4.21. The normalized spacial score (nSPS) is 10.3. The smallest absolute Gasteiger partial charge is 0.303 e. The number of anilines is 1. The van der Waals surface area contributed by atoms with Gasteiger partial charge in [-0.2, -0.15) is 0 Å². The standard InChI is InChI=1S/C18H19NO3/c1-12-4-3-5-13(2)17(12)18(22)19-15-9-6-14(7-10-15)8-11-16(20)21/h3-7,9-10H,8,11H2,1-2H3,(H,19,22)(H,20,21). The number of carboxylic acid groups (broad SMARTS) is 1. The van der Waals surface area contributed by atoms with Crippen molar-refractivity contribution in [3.8, 4) is 0 Å². The maximum absolute atomic E-state index is 12.4. The van der Waals surface area contributed by atoms with Crippen LogP contribution in [0.15, 0.2) is 42.5 Å². The Morgan fingerprint density at radius 2 is 1.59 bits per heavy atom. The van der Waals surface area contributed by atoms with Crippen LogP contribution in [0.4, 0.5) is 5.69 Å². The molecule has 2 aromatic carbocycles. The lowest BCUT2D eigenvalue weighted by atomic mass is 10.0. The molecule has 114 valence electrons. The number of carboxylic acids is 1. The quantitative estimate of drug-likeness (QED) is 0.886. The van der Waals surface area contributed by atoms with E-state index in [-0.39, 0.29) is 12.3 Å². The average Bonchev–Trinajstić information content (AvgIpc) is 2.46. The van der Waals surface area contributed by atoms with Crippen LogP contribution in [0.1, 0.15) is 33.5 Å². The summed E-state index contributed by atoms with van der Waals surface area (Å²) in [5.74, 6) is -0.943. The number of carbonyl (C=O) groups excluding carboxylic acids is 1. The third-order valence-electron chi connectivity index (χ3n) is 3.55. The van der Waals surface area contributed by atoms with E-state index >= 15 is 0 Å². The SMILES string of the molecule is Cc1cccc(C)c1C(=O)Nc1ccc(CCC(=O)O)cc1. The summed E-state index contributed by atoms with van der Waals surface area (Å²) < 4.78 is 0. The van der Waals surface area contributed by atoms with Crippen LogP contribution in [-0.2, 0) is 11.2 Å². The van der Waals surface area contributed by atoms with Gasteiger partial charge in [-0.3, -0.25) is 9.59 Å². The second kappa shape index (κ2) is 6.89. The summed E-state index contributed by atoms with van der Waals surface area (Å²) >= 11 is 0. The van der Waals surface area contributed by atoms with Gasteiger partial charge in [0.2, 0.25) is 0 Å². The van der Waals surface area contributed by atoms with Crippen LogP contribution < -0.4 is 5.32 Å². The van der Waals surface area contributed by atoms with Gasteiger partial charge in [-0.15, -0.1) is 0 Å². The molecular weight excluding hydrogens is 278 g/mol. The van der Waals surface area contributed by atoms with Gasteiger partial charge >= 0.3 is 5.97 Å². The van der Waals surface area contributed by atoms with E-state index in [0.29, 0.717) is 17.7 Å². The van der Waals surface area contributed by atoms with Gasteiger partial charge in [0.25, 0.3) is 5.91 Å². The Morgan fingerprint density at radius 1 is 1.00 bits per heavy atom. The van der Waals surface area contributed by atoms with Gasteiger partial charge in [-0.05, 0) is 49.1 Å². The lowest BCUT2D eigenvalue weighted by Gasteiger charge is -2.10. The minimum Gasteiger partial charge on any atom is -0.481 e. The molecule has 0 unspecified atom stereocenters. The molecule has 0 saturated heterocycles. The number of nitrogens with one attached hydrogen (secondary N) is 1. The predicted octanol–water partition coefficient (Wildman–Crippen LogP) is 3.57. The first-order valence-electron chi connectivity index (χ1n) is 7.15. The molecule has 4 heteroatoms. The fourth-order valence-electron chi connectivity index (χ4n) is 2.37. The molecule has 0 aliphatic carbocycles. The van der Waals surface area contributed by atoms with Gasteiger partial charge in [-0.25, -0.2) is 0 Å². The molecule has 1 amide bonds. The molecule has 2 rings (SSSR count). The van der Waals surface area contributed by atoms with Gasteiger partial charge in [0.1, 0.15) is 0 Å². The average molecular weight is 297 g/mol. The lowest BCUT2D eigenvalue weighted by molar-refractivity contribution is -0.136. The lowest BCUT2D eigenvalue weighted by Crippen LogP contribution is -2.14. The first-order chi connectivity index (χ1) is 10.5. The van der Waals surface area contributed by atoms with Crippen molar-refractivity contribution in [3.05, 3.63) is 64.7 Å². The molecule has 0 atom stereocenters. The Labute approximate surface area is 129 Å². The zero-order chi connectivity index (χ0) is 16.1. The summed E-state index contributed by atoms with van der Waals surface area (Å²) in [6.45, 7) is 3.83. The fourth-order valence-corrected chi connectivity index (χ4v) is 2.37. The van der Waals surface area contributed by atoms with E-state index in [1.54, 1.807) is 12.1 Å². The van der Waals surface area contributed by atoms with Crippen LogP contribution in [0.3, 0.4) is 0 Å². The van der Waals surface area contributed by atoms with Crippen LogP contribution in [0.25, 0.3) is 0 Å². The summed E-state index contributed by atoms with van der Waals surface area (Å²) in [6.07, 6.45) is 0.592. The molecular formula is C18H19NO3. The van der Waals surface area contributed by atoms with E-state index in [9.17, 15) is 9.59 Å². The molecule has 0 saturated carbocycles. The van der Waals surface area contributed by atoms with E-state index in [1.807, 2.05) is 44.2 Å². The van der Waals surface area contributed by atoms with Crippen molar-refractivity contribution in [3.63, 3.8) is 0 Å². The number of rotatable bonds is 5. The Kier molecular flexibility index (Phi) is 4.94. The first kappa shape index (κ1) is 15.8. The molecule has 2 aromatic rings. The summed E-state index contributed by atoms with van der Waals surface area (Å²) in [4.78, 5) is 22.9. The van der Waals surface area contributed by atoms with E-state index in [2.05, 4.69) is 5.32 Å². The second-order valence-corrected chi connectivity index (χ2v) is 5.31. The van der Waals surface area contributed by atoms with E-state index in [0.717, 1.165) is 16.7 Å². The minimum absolute atomic E-state index is 0.105. The van der Waals surface area contributed by atoms with Gasteiger partial charge in [0, 0.05) is 17.7 Å². The zero-order valence-electron chi connectivity index (χ0n) is 12.7. The molecule has 0 aromatic heterocycles. The minimum atomic E-state index is -0.813. The largest absolute Gasteiger partial charge is 0.481 e. The Hall–Kier alpha value is -2.62. The number of aliphatic carboxylic acids is 1. The van der Waals surface area contributed by atoms with Crippen LogP contribution in [0.5, 0.6) is 0 Å². The highest BCUT2D eigenvalue weighted by atomic mass is 16.4. The third kappa shape index (κ3) is 3.95. The summed E-state index contributed by atoms with van der Waals surface area (Å²) in [7, 11) is 0. The number of benzene rings is 2. The van der Waals surface area contributed by atoms with Gasteiger partial charge < -0.3 is 10.4 Å². The molecule has 2 N–H and O–H groups in total. The van der Waals surface area contributed by atoms with Crippen LogP contribution >= 0.6 is 0 Å². The number of hydrogen-bond acceptors (Lipinski definition) is 2. The highest BCUT2D eigenvalue weighted by Gasteiger charge is 2.11. The second-order valence-electron chi connectivity index (χ2n) is 5.31. The molecule has 4 nitrogen and oxygen atoms in total. The Morgan fingerprint density at radius 3 is 2.14 bits per heavy atom. The van der Waals surface area contributed by atoms with Crippen molar-refractivity contribution < 1.29 is 14.7 Å². The summed E-state index contributed by atoms with van der Waals surface area (Å²) in [5, 5.41) is 11.5. The van der Waals surface area contributed by atoms with E-state index in [4.69, 9.17) is 5.11 Å². The van der Waals surface area contributed by atoms with Gasteiger partial charge in [0.05, 0.1) is 0 Å². The van der Waals surface area contributed by atoms with E-state index < -0.39 is 5.97 Å². The maximum atomic E-state index is 12.4. The van der Waals surface area contributed by atoms with Crippen LogP contribution in [-0.4, -0.2) is 17.0 Å². The molecule has 0 aliphatic heterocycles. The van der Waals surface area contributed by atoms with Crippen molar-refractivity contribution in [2.24, 2.45) is 0 Å². The molecule has 0 heterocycles. The van der Waals surface area contributed by atoms with Gasteiger partial charge in [0.15, 0.2) is 0 Å². The Bertz CT molecular complexity index is 670. The first-order valence-corrected chi connectivity index (χ1v) is 7.15. The number of amides is 1. The van der Waals surface area contributed by atoms with Crippen molar-refractivity contribution in [1.29, 1.82) is 0 Å². The number of carbonyl (C=O) groups is 2. The number of hydrogen-bond donors (Lipinski definition) is 2. The predicted molar refractivity (Wildman–Crippen MR) is 86.3 cm³/mol. The molecule has 0 fully saturated rings. The van der Waals surface area contributed by atoms with Crippen LogP contribution in [0, 0.1) is 13.8 Å². The number of aryl methyl sites for hydroxylation is 3.